The number of nitrogens with two attached hydrogens (primary N) is 1. The number of amides is 1. The van der Waals surface area contributed by atoms with Crippen LogP contribution in [0.15, 0.2) is 66.9 Å². The van der Waals surface area contributed by atoms with E-state index in [0.717, 1.165) is 30.2 Å². The quantitative estimate of drug-likeness (QED) is 0.508. The van der Waals surface area contributed by atoms with Gasteiger partial charge >= 0.3 is 0 Å². The summed E-state index contributed by atoms with van der Waals surface area (Å²) in [6.45, 7) is 0. The zero-order chi connectivity index (χ0) is 23.2. The van der Waals surface area contributed by atoms with Crippen LogP contribution in [0.3, 0.4) is 0 Å². The van der Waals surface area contributed by atoms with Gasteiger partial charge in [-0.2, -0.15) is 0 Å². The van der Waals surface area contributed by atoms with E-state index < -0.39 is 17.1 Å². The van der Waals surface area contributed by atoms with Crippen LogP contribution in [0.1, 0.15) is 48.5 Å². The van der Waals surface area contributed by atoms with Gasteiger partial charge in [0.2, 0.25) is 5.91 Å². The number of fused-ring (bicyclic) bond motifs is 2. The molecular formula is C26H24Cl2FN3O. The first-order chi connectivity index (χ1) is 15.9. The van der Waals surface area contributed by atoms with Gasteiger partial charge in [0.25, 0.3) is 0 Å². The van der Waals surface area contributed by atoms with Crippen molar-refractivity contribution in [3.63, 3.8) is 0 Å². The maximum atomic E-state index is 13.6. The Morgan fingerprint density at radius 1 is 0.970 bits per heavy atom. The zero-order valence-corrected chi connectivity index (χ0v) is 19.4. The Labute approximate surface area is 202 Å². The number of pyridine rings is 1. The fraction of sp³-hybridized carbons (Fsp3) is 0.308. The third kappa shape index (κ3) is 3.82. The number of carbonyl (C=O) groups is 1. The number of hydrogen-bond donors (Lipinski definition) is 1. The minimum atomic E-state index is -0.929. The standard InChI is InChI=1S/C26H24Cl2FN3O/c27-21-7-3-1-5-19(21)24(20-6-2-4-8-22(20)28)32-17-10-11-18(32)14-26(13-17,25(30)33)23-12-9-16(29)15-31-23/h1-9,12,15,17-18,24H,10-11,13-14H2,(H2,30,33)/t17-,18+,26?. The topological polar surface area (TPSA) is 59.2 Å². The molecule has 1 amide bonds. The van der Waals surface area contributed by atoms with E-state index in [9.17, 15) is 9.18 Å². The first kappa shape index (κ1) is 22.3. The van der Waals surface area contributed by atoms with Gasteiger partial charge in [-0.05, 0) is 61.1 Å². The molecule has 2 saturated heterocycles. The van der Waals surface area contributed by atoms with E-state index in [-0.39, 0.29) is 18.1 Å². The van der Waals surface area contributed by atoms with Crippen LogP contribution in [0.2, 0.25) is 10.0 Å². The van der Waals surface area contributed by atoms with Gasteiger partial charge in [0.1, 0.15) is 5.82 Å². The molecule has 0 saturated carbocycles. The summed E-state index contributed by atoms with van der Waals surface area (Å²) in [5.74, 6) is -0.846. The average molecular weight is 484 g/mol. The highest BCUT2D eigenvalue weighted by Crippen LogP contribution is 2.52. The summed E-state index contributed by atoms with van der Waals surface area (Å²) in [5.41, 5.74) is 7.56. The van der Waals surface area contributed by atoms with Crippen LogP contribution in [0.4, 0.5) is 4.39 Å². The Kier molecular flexibility index (Phi) is 5.89. The average Bonchev–Trinajstić information content (AvgIpc) is 3.06. The fourth-order valence-corrected chi connectivity index (χ4v) is 6.26. The van der Waals surface area contributed by atoms with Gasteiger partial charge in [0.15, 0.2) is 0 Å². The van der Waals surface area contributed by atoms with Crippen LogP contribution < -0.4 is 5.73 Å². The molecule has 3 atom stereocenters. The Morgan fingerprint density at radius 2 is 1.52 bits per heavy atom. The number of hydrogen-bond acceptors (Lipinski definition) is 3. The minimum Gasteiger partial charge on any atom is -0.369 e. The van der Waals surface area contributed by atoms with Crippen LogP contribution >= 0.6 is 23.2 Å². The number of nitrogens with zero attached hydrogens (tertiary/aromatic N) is 2. The third-order valence-corrected chi connectivity index (χ3v) is 7.92. The molecule has 3 aromatic rings. The summed E-state index contributed by atoms with van der Waals surface area (Å²) in [5, 5.41) is 1.35. The number of primary amides is 1. The molecule has 1 unspecified atom stereocenters. The summed E-state index contributed by atoms with van der Waals surface area (Å²) < 4.78 is 13.6. The van der Waals surface area contributed by atoms with E-state index >= 15 is 0 Å². The molecule has 0 aliphatic carbocycles. The second-order valence-corrected chi connectivity index (χ2v) is 9.81. The van der Waals surface area contributed by atoms with E-state index in [1.165, 1.54) is 6.07 Å². The van der Waals surface area contributed by atoms with Crippen molar-refractivity contribution in [2.45, 2.75) is 49.2 Å². The van der Waals surface area contributed by atoms with E-state index in [2.05, 4.69) is 9.88 Å². The summed E-state index contributed by atoms with van der Waals surface area (Å²) in [7, 11) is 0. The summed E-state index contributed by atoms with van der Waals surface area (Å²) in [4.78, 5) is 19.6. The van der Waals surface area contributed by atoms with Crippen LogP contribution in [-0.4, -0.2) is 27.9 Å². The smallest absolute Gasteiger partial charge is 0.229 e. The van der Waals surface area contributed by atoms with Gasteiger partial charge < -0.3 is 5.73 Å². The highest BCUT2D eigenvalue weighted by atomic mass is 35.5. The Bertz CT molecular complexity index is 1130. The van der Waals surface area contributed by atoms with Crippen molar-refractivity contribution >= 4 is 29.1 Å². The number of benzene rings is 2. The van der Waals surface area contributed by atoms with Gasteiger partial charge in [0.05, 0.1) is 23.3 Å². The lowest BCUT2D eigenvalue weighted by Gasteiger charge is -2.48. The lowest BCUT2D eigenvalue weighted by Crippen LogP contribution is -2.56. The number of carbonyl (C=O) groups excluding carboxylic acids is 1. The normalized spacial score (nSPS) is 24.8. The third-order valence-electron chi connectivity index (χ3n) is 7.23. The molecule has 7 heteroatoms. The van der Waals surface area contributed by atoms with Crippen molar-refractivity contribution in [3.05, 3.63) is 99.5 Å². The van der Waals surface area contributed by atoms with Gasteiger partial charge in [-0.3, -0.25) is 14.7 Å². The lowest BCUT2D eigenvalue weighted by molar-refractivity contribution is -0.127. The second kappa shape index (κ2) is 8.71. The van der Waals surface area contributed by atoms with Gasteiger partial charge in [0, 0.05) is 22.1 Å². The molecule has 5 rings (SSSR count). The molecule has 4 nitrogen and oxygen atoms in total. The molecule has 0 spiro atoms. The van der Waals surface area contributed by atoms with E-state index in [4.69, 9.17) is 28.9 Å². The molecule has 2 bridgehead atoms. The molecule has 2 aliphatic rings. The van der Waals surface area contributed by atoms with Crippen LogP contribution in [0.25, 0.3) is 0 Å². The van der Waals surface area contributed by atoms with Crippen molar-refractivity contribution < 1.29 is 9.18 Å². The molecule has 1 aromatic heterocycles. The van der Waals surface area contributed by atoms with Gasteiger partial charge in [-0.15, -0.1) is 0 Å². The van der Waals surface area contributed by atoms with Crippen LogP contribution in [-0.2, 0) is 10.2 Å². The first-order valence-electron chi connectivity index (χ1n) is 11.1. The second-order valence-electron chi connectivity index (χ2n) is 8.99. The molecule has 2 aromatic carbocycles. The van der Waals surface area contributed by atoms with Crippen molar-refractivity contribution in [2.75, 3.05) is 0 Å². The number of aromatic nitrogens is 1. The monoisotopic (exact) mass is 483 g/mol. The van der Waals surface area contributed by atoms with Crippen molar-refractivity contribution in [1.29, 1.82) is 0 Å². The summed E-state index contributed by atoms with van der Waals surface area (Å²) >= 11 is 13.4. The first-order valence-corrected chi connectivity index (χ1v) is 11.8. The van der Waals surface area contributed by atoms with Crippen molar-refractivity contribution in [3.8, 4) is 0 Å². The van der Waals surface area contributed by atoms with Crippen LogP contribution in [0, 0.1) is 5.82 Å². The maximum Gasteiger partial charge on any atom is 0.229 e. The maximum absolute atomic E-state index is 13.6. The Morgan fingerprint density at radius 3 is 1.97 bits per heavy atom. The number of piperidine rings is 1. The van der Waals surface area contributed by atoms with E-state index in [1.54, 1.807) is 6.07 Å². The molecule has 170 valence electrons. The van der Waals surface area contributed by atoms with Crippen LogP contribution in [0.5, 0.6) is 0 Å². The summed E-state index contributed by atoms with van der Waals surface area (Å²) in [6, 6.07) is 18.6. The lowest BCUT2D eigenvalue weighted by atomic mass is 9.70. The van der Waals surface area contributed by atoms with Gasteiger partial charge in [-0.25, -0.2) is 4.39 Å². The minimum absolute atomic E-state index is 0.0700. The van der Waals surface area contributed by atoms with Crippen molar-refractivity contribution in [1.82, 2.24) is 9.88 Å². The molecule has 3 heterocycles. The highest BCUT2D eigenvalue weighted by Gasteiger charge is 2.55. The predicted molar refractivity (Wildman–Crippen MR) is 128 cm³/mol. The van der Waals surface area contributed by atoms with E-state index in [1.807, 2.05) is 48.5 Å². The van der Waals surface area contributed by atoms with Gasteiger partial charge in [-0.1, -0.05) is 59.6 Å². The predicted octanol–water partition coefficient (Wildman–Crippen LogP) is 5.67. The van der Waals surface area contributed by atoms with E-state index in [0.29, 0.717) is 28.6 Å². The molecule has 2 fully saturated rings. The summed E-state index contributed by atoms with van der Waals surface area (Å²) in [6.07, 6.45) is 4.04. The number of halogens is 3. The molecule has 2 N–H and O–H groups in total. The Balaban J connectivity index is 1.60. The SMILES string of the molecule is NC(=O)C1(c2ccc(F)cn2)C[C@H]2CC[C@@H](C1)N2C(c1ccccc1Cl)c1ccccc1Cl. The fourth-order valence-electron chi connectivity index (χ4n) is 5.78. The Hall–Kier alpha value is -2.47. The van der Waals surface area contributed by atoms with Crippen molar-refractivity contribution in [2.24, 2.45) is 5.73 Å². The molecule has 2 aliphatic heterocycles. The molecule has 0 radical (unpaired) electrons. The zero-order valence-electron chi connectivity index (χ0n) is 17.9. The molecule has 33 heavy (non-hydrogen) atoms. The highest BCUT2D eigenvalue weighted by molar-refractivity contribution is 6.32. The number of rotatable bonds is 5. The molecular weight excluding hydrogens is 460 g/mol. The largest absolute Gasteiger partial charge is 0.369 e.